The van der Waals surface area contributed by atoms with Crippen molar-refractivity contribution in [3.8, 4) is 22.6 Å². The number of amides is 1. The Balaban J connectivity index is 1.80. The molecule has 12 heteroatoms. The van der Waals surface area contributed by atoms with Crippen LogP contribution in [0.3, 0.4) is 0 Å². The molecule has 0 aliphatic carbocycles. The summed E-state index contributed by atoms with van der Waals surface area (Å²) in [5.41, 5.74) is 2.87. The molecule has 42 heavy (non-hydrogen) atoms. The summed E-state index contributed by atoms with van der Waals surface area (Å²) in [5.74, 6) is -1.35. The quantitative estimate of drug-likeness (QED) is 0.122. The van der Waals surface area contributed by atoms with Crippen LogP contribution in [0.25, 0.3) is 38.3 Å². The Morgan fingerprint density at radius 3 is 2.81 bits per heavy atom. The van der Waals surface area contributed by atoms with Gasteiger partial charge < -0.3 is 9.64 Å². The third-order valence-corrected chi connectivity index (χ3v) is 7.78. The van der Waals surface area contributed by atoms with Crippen LogP contribution in [-0.4, -0.2) is 54.7 Å². The van der Waals surface area contributed by atoms with E-state index in [1.807, 2.05) is 29.2 Å². The zero-order valence-electron chi connectivity index (χ0n) is 23.4. The molecule has 0 radical (unpaired) electrons. The highest BCUT2D eigenvalue weighted by Crippen LogP contribution is 2.44. The molecule has 5 heterocycles. The molecule has 4 aromatic heterocycles. The number of halogens is 3. The molecule has 0 saturated heterocycles. The smallest absolute Gasteiger partial charge is 0.246 e. The van der Waals surface area contributed by atoms with Crippen molar-refractivity contribution in [1.29, 1.82) is 0 Å². The predicted molar refractivity (Wildman–Crippen MR) is 157 cm³/mol. The Bertz CT molecular complexity index is 1750. The maximum Gasteiger partial charge on any atom is 0.246 e. The van der Waals surface area contributed by atoms with E-state index in [0.29, 0.717) is 40.6 Å². The number of thiophene rings is 1. The lowest BCUT2D eigenvalue weighted by Gasteiger charge is -2.31. The normalized spacial score (nSPS) is 16.4. The average Bonchev–Trinajstić information content (AvgIpc) is 3.71. The van der Waals surface area contributed by atoms with E-state index in [9.17, 15) is 13.6 Å². The summed E-state index contributed by atoms with van der Waals surface area (Å²) in [5, 5.41) is 11.7. The van der Waals surface area contributed by atoms with Gasteiger partial charge in [0.2, 0.25) is 5.91 Å². The molecule has 4 aromatic rings. The van der Waals surface area contributed by atoms with Crippen LogP contribution in [0.2, 0.25) is 0 Å². The highest BCUT2D eigenvalue weighted by atomic mass is 32.1. The van der Waals surface area contributed by atoms with E-state index in [1.165, 1.54) is 24.3 Å². The summed E-state index contributed by atoms with van der Waals surface area (Å²) < 4.78 is 52.4. The Morgan fingerprint density at radius 1 is 1.36 bits per heavy atom. The first-order chi connectivity index (χ1) is 20.1. The molecule has 5 rings (SSSR count). The minimum Gasteiger partial charge on any atom is -0.490 e. The minimum absolute atomic E-state index is 0.0747. The zero-order chi connectivity index (χ0) is 30.1. The van der Waals surface area contributed by atoms with Crippen molar-refractivity contribution in [2.75, 3.05) is 13.2 Å². The van der Waals surface area contributed by atoms with Crippen LogP contribution in [0, 0.1) is 0 Å². The number of aromatic nitrogens is 5. The van der Waals surface area contributed by atoms with Gasteiger partial charge in [-0.05, 0) is 37.4 Å². The Labute approximate surface area is 244 Å². The van der Waals surface area contributed by atoms with Gasteiger partial charge in [-0.15, -0.1) is 11.3 Å². The fraction of sp³-hybridized carbons (Fsp3) is 0.267. The molecule has 218 valence electrons. The highest BCUT2D eigenvalue weighted by molar-refractivity contribution is 7.17. The van der Waals surface area contributed by atoms with Crippen molar-refractivity contribution in [3.63, 3.8) is 0 Å². The Kier molecular flexibility index (Phi) is 8.17. The van der Waals surface area contributed by atoms with Gasteiger partial charge in [0, 0.05) is 47.1 Å². The number of pyridine rings is 1. The SMILES string of the molecule is C=CC(=O)N1Cc2cc(-c3nc(-c4cnn(C)c4)c4ccsc4c3/C(C(=C)OC[C@H](C)F)=C(F)/C=C/F)nn2[C@@H](C)C1. The first-order valence-corrected chi connectivity index (χ1v) is 14.0. The minimum atomic E-state index is -1.35. The van der Waals surface area contributed by atoms with Crippen LogP contribution in [-0.2, 0) is 23.1 Å². The van der Waals surface area contributed by atoms with Crippen molar-refractivity contribution in [2.24, 2.45) is 7.05 Å². The maximum atomic E-state index is 15.8. The zero-order valence-corrected chi connectivity index (χ0v) is 24.2. The molecule has 0 N–H and O–H groups in total. The fourth-order valence-electron chi connectivity index (χ4n) is 5.03. The molecule has 0 spiro atoms. The fourth-order valence-corrected chi connectivity index (χ4v) is 5.97. The van der Waals surface area contributed by atoms with E-state index in [0.717, 1.165) is 11.3 Å². The highest BCUT2D eigenvalue weighted by Gasteiger charge is 2.30. The largest absolute Gasteiger partial charge is 0.490 e. The summed E-state index contributed by atoms with van der Waals surface area (Å²) in [6.45, 7) is 11.1. The molecule has 0 saturated carbocycles. The van der Waals surface area contributed by atoms with Crippen molar-refractivity contribution in [1.82, 2.24) is 29.4 Å². The second-order valence-electron chi connectivity index (χ2n) is 10.0. The van der Waals surface area contributed by atoms with Crippen LogP contribution in [0.1, 0.15) is 31.1 Å². The summed E-state index contributed by atoms with van der Waals surface area (Å²) in [6, 6.07) is 3.49. The molecule has 0 unspecified atom stereocenters. The number of alkyl halides is 1. The molecule has 0 bridgehead atoms. The van der Waals surface area contributed by atoms with Crippen molar-refractivity contribution >= 4 is 32.9 Å². The molecule has 0 fully saturated rings. The van der Waals surface area contributed by atoms with E-state index in [4.69, 9.17) is 14.8 Å². The van der Waals surface area contributed by atoms with Gasteiger partial charge in [0.05, 0.1) is 42.1 Å². The second-order valence-corrected chi connectivity index (χ2v) is 10.9. The maximum absolute atomic E-state index is 15.8. The van der Waals surface area contributed by atoms with Gasteiger partial charge >= 0.3 is 0 Å². The first-order valence-electron chi connectivity index (χ1n) is 13.2. The number of carbonyl (C=O) groups excluding carboxylic acids is 1. The summed E-state index contributed by atoms with van der Waals surface area (Å²) in [4.78, 5) is 19.1. The number of nitrogens with zero attached hydrogens (tertiary/aromatic N) is 6. The molecule has 1 aliphatic heterocycles. The lowest BCUT2D eigenvalue weighted by molar-refractivity contribution is -0.127. The monoisotopic (exact) mass is 594 g/mol. The summed E-state index contributed by atoms with van der Waals surface area (Å²) in [6.07, 6.45) is 4.14. The molecule has 1 aliphatic rings. The van der Waals surface area contributed by atoms with Crippen molar-refractivity contribution in [3.05, 3.63) is 84.4 Å². The lowest BCUT2D eigenvalue weighted by atomic mass is 9.96. The van der Waals surface area contributed by atoms with Gasteiger partial charge in [-0.1, -0.05) is 13.2 Å². The molecule has 2 atom stereocenters. The predicted octanol–water partition coefficient (Wildman–Crippen LogP) is 6.70. The van der Waals surface area contributed by atoms with Crippen LogP contribution >= 0.6 is 11.3 Å². The van der Waals surface area contributed by atoms with Gasteiger partial charge in [-0.2, -0.15) is 10.2 Å². The number of aryl methyl sites for hydroxylation is 1. The summed E-state index contributed by atoms with van der Waals surface area (Å²) in [7, 11) is 1.79. The number of fused-ring (bicyclic) bond motifs is 2. The molecule has 8 nitrogen and oxygen atoms in total. The standard InChI is InChI=1S/C30H29F3N6O2S/c1-6-25(40)38-13-18(3)39-21(15-38)11-24(36-39)29-27(26(23(33)7-9-31)19(4)41-16-17(2)32)30-22(8-10-42-30)28(35-29)20-12-34-37(5)14-20/h6-12,14,17-18H,1,4,13,15-16H2,2-3,5H3/b9-7+,26-23-/t17-,18-/m0/s1. The van der Waals surface area contributed by atoms with Crippen LogP contribution in [0.15, 0.2) is 73.1 Å². The van der Waals surface area contributed by atoms with Crippen LogP contribution < -0.4 is 0 Å². The van der Waals surface area contributed by atoms with Gasteiger partial charge in [-0.3, -0.25) is 14.2 Å². The second kappa shape index (κ2) is 11.8. The third kappa shape index (κ3) is 5.41. The number of allylic oxidation sites excluding steroid dienone is 3. The Hall–Kier alpha value is -4.45. The van der Waals surface area contributed by atoms with Crippen LogP contribution in [0.4, 0.5) is 13.2 Å². The third-order valence-electron chi connectivity index (χ3n) is 6.85. The number of hydrogen-bond donors (Lipinski definition) is 0. The van der Waals surface area contributed by atoms with E-state index >= 15 is 4.39 Å². The van der Waals surface area contributed by atoms with Gasteiger partial charge in [0.15, 0.2) is 0 Å². The van der Waals surface area contributed by atoms with Crippen molar-refractivity contribution in [2.45, 2.75) is 32.6 Å². The number of hydrogen-bond acceptors (Lipinski definition) is 6. The van der Waals surface area contributed by atoms with E-state index in [2.05, 4.69) is 18.3 Å². The topological polar surface area (TPSA) is 78.1 Å². The van der Waals surface area contributed by atoms with E-state index in [-0.39, 0.29) is 47.5 Å². The number of ether oxygens (including phenoxy) is 1. The van der Waals surface area contributed by atoms with Gasteiger partial charge in [0.1, 0.15) is 35.8 Å². The average molecular weight is 595 g/mol. The number of carbonyl (C=O) groups is 1. The first kappa shape index (κ1) is 29.1. The molecular formula is C30H29F3N6O2S. The summed E-state index contributed by atoms with van der Waals surface area (Å²) >= 11 is 1.33. The number of rotatable bonds is 9. The van der Waals surface area contributed by atoms with Gasteiger partial charge in [0.25, 0.3) is 0 Å². The lowest BCUT2D eigenvalue weighted by Crippen LogP contribution is -2.39. The molecule has 1 amide bonds. The van der Waals surface area contributed by atoms with Crippen LogP contribution in [0.5, 0.6) is 0 Å². The Morgan fingerprint density at radius 2 is 2.14 bits per heavy atom. The van der Waals surface area contributed by atoms with Gasteiger partial charge in [-0.25, -0.2) is 18.2 Å². The van der Waals surface area contributed by atoms with E-state index in [1.54, 1.807) is 28.9 Å². The van der Waals surface area contributed by atoms with E-state index < -0.39 is 12.0 Å². The molecule has 0 aromatic carbocycles. The molecular weight excluding hydrogens is 565 g/mol. The van der Waals surface area contributed by atoms with Crippen molar-refractivity contribution < 1.29 is 22.7 Å².